The normalized spacial score (nSPS) is 27.3. The number of Topliss-reactive ketones (excluding diaryl/α,β-unsaturated/α-hetero) is 1. The number of carbonyl (C=O) groups is 1. The third-order valence-electron chi connectivity index (χ3n) is 6.27. The fourth-order valence-corrected chi connectivity index (χ4v) is 4.68. The Labute approximate surface area is 151 Å². The number of piperidine rings is 1. The molecule has 5 nitrogen and oxygen atoms in total. The number of likely N-dealkylation sites (tertiary alicyclic amines) is 1. The van der Waals surface area contributed by atoms with Gasteiger partial charge in [-0.2, -0.15) is 0 Å². The minimum absolute atomic E-state index is 0.193. The van der Waals surface area contributed by atoms with Gasteiger partial charge in [-0.25, -0.2) is 0 Å². The molecule has 0 aromatic carbocycles. The van der Waals surface area contributed by atoms with E-state index in [2.05, 4.69) is 9.47 Å². The lowest BCUT2D eigenvalue weighted by atomic mass is 9.71. The number of aryl methyl sites for hydroxylation is 1. The Hall–Kier alpha value is -1.17. The zero-order chi connectivity index (χ0) is 18.0. The molecule has 3 rings (SSSR count). The third-order valence-corrected chi connectivity index (χ3v) is 6.27. The molecular weight excluding hydrogens is 316 g/mol. The molecule has 1 saturated heterocycles. The lowest BCUT2D eigenvalue weighted by molar-refractivity contribution is -0.0936. The summed E-state index contributed by atoms with van der Waals surface area (Å²) in [7, 11) is 1.70. The zero-order valence-corrected chi connectivity index (χ0v) is 15.9. The van der Waals surface area contributed by atoms with Crippen LogP contribution in [0.4, 0.5) is 0 Å². The van der Waals surface area contributed by atoms with E-state index in [0.29, 0.717) is 19.1 Å². The molecule has 140 valence electrons. The third kappa shape index (κ3) is 3.83. The fourth-order valence-electron chi connectivity index (χ4n) is 4.68. The van der Waals surface area contributed by atoms with Gasteiger partial charge in [0.25, 0.3) is 0 Å². The van der Waals surface area contributed by atoms with Crippen molar-refractivity contribution in [1.82, 2.24) is 9.47 Å². The Morgan fingerprint density at radius 1 is 1.36 bits per heavy atom. The zero-order valence-electron chi connectivity index (χ0n) is 15.9. The van der Waals surface area contributed by atoms with E-state index in [4.69, 9.17) is 4.74 Å². The number of hydrogen-bond donors (Lipinski definition) is 1. The molecule has 0 radical (unpaired) electrons. The molecule has 1 N–H and O–H groups in total. The molecule has 0 amide bonds. The van der Waals surface area contributed by atoms with E-state index in [-0.39, 0.29) is 5.78 Å². The summed E-state index contributed by atoms with van der Waals surface area (Å²) in [5.41, 5.74) is 2.50. The number of methoxy groups -OCH3 is 1. The van der Waals surface area contributed by atoms with E-state index in [0.717, 1.165) is 62.3 Å². The molecule has 2 aliphatic rings. The molecular formula is C20H32N2O3. The van der Waals surface area contributed by atoms with Gasteiger partial charge in [0.15, 0.2) is 5.78 Å². The molecule has 25 heavy (non-hydrogen) atoms. The SMILES string of the molecule is COCCn1c(C)cc(C(=O)CN2CC[C@@]3(O)CCCC[C@H]3C2)c1C. The lowest BCUT2D eigenvalue weighted by Gasteiger charge is -2.47. The van der Waals surface area contributed by atoms with E-state index in [1.54, 1.807) is 7.11 Å². The smallest absolute Gasteiger partial charge is 0.178 e. The minimum Gasteiger partial charge on any atom is -0.390 e. The van der Waals surface area contributed by atoms with Crippen molar-refractivity contribution in [2.24, 2.45) is 5.92 Å². The van der Waals surface area contributed by atoms with Crippen LogP contribution >= 0.6 is 0 Å². The maximum atomic E-state index is 12.9. The number of nitrogens with zero attached hydrogens (tertiary/aromatic N) is 2. The van der Waals surface area contributed by atoms with Gasteiger partial charge in [-0.05, 0) is 39.2 Å². The first-order valence-electron chi connectivity index (χ1n) is 9.58. The second-order valence-corrected chi connectivity index (χ2v) is 7.88. The molecule has 0 spiro atoms. The summed E-state index contributed by atoms with van der Waals surface area (Å²) in [6, 6.07) is 2.01. The van der Waals surface area contributed by atoms with Gasteiger partial charge in [0, 0.05) is 49.6 Å². The van der Waals surface area contributed by atoms with Gasteiger partial charge >= 0.3 is 0 Å². The van der Waals surface area contributed by atoms with E-state index in [1.807, 2.05) is 19.9 Å². The van der Waals surface area contributed by atoms with Crippen LogP contribution < -0.4 is 0 Å². The van der Waals surface area contributed by atoms with Crippen LogP contribution in [0, 0.1) is 19.8 Å². The predicted molar refractivity (Wildman–Crippen MR) is 98.1 cm³/mol. The topological polar surface area (TPSA) is 54.7 Å². The van der Waals surface area contributed by atoms with Gasteiger partial charge in [-0.15, -0.1) is 0 Å². The first-order chi connectivity index (χ1) is 11.9. The van der Waals surface area contributed by atoms with Gasteiger partial charge in [0.1, 0.15) is 0 Å². The van der Waals surface area contributed by atoms with E-state index in [1.165, 1.54) is 6.42 Å². The first-order valence-corrected chi connectivity index (χ1v) is 9.58. The van der Waals surface area contributed by atoms with Gasteiger partial charge in [-0.1, -0.05) is 12.8 Å². The number of ketones is 1. The minimum atomic E-state index is -0.478. The highest BCUT2D eigenvalue weighted by Gasteiger charge is 2.42. The highest BCUT2D eigenvalue weighted by atomic mass is 16.5. The first kappa shape index (κ1) is 18.6. The molecule has 1 aliphatic heterocycles. The number of aromatic nitrogens is 1. The summed E-state index contributed by atoms with van der Waals surface area (Å²) >= 11 is 0. The Kier molecular flexibility index (Phi) is 5.66. The van der Waals surface area contributed by atoms with E-state index < -0.39 is 5.60 Å². The average molecular weight is 348 g/mol. The number of carbonyl (C=O) groups excluding carboxylic acids is 1. The van der Waals surface area contributed by atoms with Crippen LogP contribution in [0.2, 0.25) is 0 Å². The largest absolute Gasteiger partial charge is 0.390 e. The molecule has 2 heterocycles. The molecule has 1 aromatic heterocycles. The van der Waals surface area contributed by atoms with Gasteiger partial charge in [-0.3, -0.25) is 9.69 Å². The van der Waals surface area contributed by atoms with Gasteiger partial charge in [0.05, 0.1) is 18.8 Å². The van der Waals surface area contributed by atoms with Crippen LogP contribution in [0.1, 0.15) is 53.8 Å². The molecule has 1 aromatic rings. The summed E-state index contributed by atoms with van der Waals surface area (Å²) in [6.45, 7) is 7.62. The summed E-state index contributed by atoms with van der Waals surface area (Å²) in [5.74, 6) is 0.523. The molecule has 5 heteroatoms. The number of aliphatic hydroxyl groups is 1. The summed E-state index contributed by atoms with van der Waals surface area (Å²) < 4.78 is 7.33. The van der Waals surface area contributed by atoms with Gasteiger partial charge < -0.3 is 14.4 Å². The van der Waals surface area contributed by atoms with Crippen molar-refractivity contribution < 1.29 is 14.6 Å². The standard InChI is InChI=1S/C20H32N2O3/c1-15-12-18(16(2)22(15)10-11-25-3)19(23)14-21-9-8-20(24)7-5-4-6-17(20)13-21/h12,17,24H,4-11,13-14H2,1-3H3/t17-,20-/m0/s1. The molecule has 0 unspecified atom stereocenters. The van der Waals surface area contributed by atoms with Crippen molar-refractivity contribution >= 4 is 5.78 Å². The number of rotatable bonds is 6. The van der Waals surface area contributed by atoms with Crippen LogP contribution in [0.3, 0.4) is 0 Å². The number of ether oxygens (including phenoxy) is 1. The summed E-state index contributed by atoms with van der Waals surface area (Å²) in [5, 5.41) is 10.8. The van der Waals surface area contributed by atoms with Crippen molar-refractivity contribution in [2.75, 3.05) is 33.4 Å². The Balaban J connectivity index is 1.65. The molecule has 2 fully saturated rings. The predicted octanol–water partition coefficient (Wildman–Crippen LogP) is 2.56. The van der Waals surface area contributed by atoms with Crippen molar-refractivity contribution in [2.45, 2.75) is 58.1 Å². The van der Waals surface area contributed by atoms with Crippen LogP contribution in [-0.4, -0.2) is 59.3 Å². The highest BCUT2D eigenvalue weighted by molar-refractivity contribution is 5.99. The molecule has 2 atom stereocenters. The fraction of sp³-hybridized carbons (Fsp3) is 0.750. The van der Waals surface area contributed by atoms with Crippen LogP contribution in [-0.2, 0) is 11.3 Å². The second-order valence-electron chi connectivity index (χ2n) is 7.88. The summed E-state index contributed by atoms with van der Waals surface area (Å²) in [4.78, 5) is 15.1. The second kappa shape index (κ2) is 7.60. The summed E-state index contributed by atoms with van der Waals surface area (Å²) in [6.07, 6.45) is 5.17. The average Bonchev–Trinajstić information content (AvgIpc) is 2.87. The maximum absolute atomic E-state index is 12.9. The van der Waals surface area contributed by atoms with Crippen LogP contribution in [0.15, 0.2) is 6.07 Å². The highest BCUT2D eigenvalue weighted by Crippen LogP contribution is 2.39. The Bertz CT molecular complexity index is 625. The van der Waals surface area contributed by atoms with Crippen LogP contribution in [0.25, 0.3) is 0 Å². The maximum Gasteiger partial charge on any atom is 0.178 e. The van der Waals surface area contributed by atoms with Crippen molar-refractivity contribution in [3.8, 4) is 0 Å². The lowest BCUT2D eigenvalue weighted by Crippen LogP contribution is -2.54. The van der Waals surface area contributed by atoms with E-state index >= 15 is 0 Å². The Morgan fingerprint density at radius 2 is 2.16 bits per heavy atom. The number of fused-ring (bicyclic) bond motifs is 1. The van der Waals surface area contributed by atoms with Crippen molar-refractivity contribution in [1.29, 1.82) is 0 Å². The van der Waals surface area contributed by atoms with Crippen molar-refractivity contribution in [3.05, 3.63) is 23.0 Å². The number of hydrogen-bond acceptors (Lipinski definition) is 4. The van der Waals surface area contributed by atoms with Gasteiger partial charge in [0.2, 0.25) is 0 Å². The monoisotopic (exact) mass is 348 g/mol. The molecule has 1 saturated carbocycles. The Morgan fingerprint density at radius 3 is 2.92 bits per heavy atom. The quantitative estimate of drug-likeness (QED) is 0.803. The van der Waals surface area contributed by atoms with E-state index in [9.17, 15) is 9.90 Å². The van der Waals surface area contributed by atoms with Crippen molar-refractivity contribution in [3.63, 3.8) is 0 Å². The molecule has 0 bridgehead atoms. The molecule has 1 aliphatic carbocycles. The van der Waals surface area contributed by atoms with Crippen LogP contribution in [0.5, 0.6) is 0 Å².